The number of benzene rings is 2. The molecule has 0 atom stereocenters. The number of carboxylic acid groups (broad SMARTS) is 1. The lowest BCUT2D eigenvalue weighted by molar-refractivity contribution is 0.0697. The van der Waals surface area contributed by atoms with Gasteiger partial charge >= 0.3 is 11.6 Å². The average molecular weight is 379 g/mol. The molecule has 28 heavy (non-hydrogen) atoms. The second-order valence-corrected chi connectivity index (χ2v) is 6.49. The molecule has 1 aliphatic rings. The van der Waals surface area contributed by atoms with Crippen LogP contribution < -0.4 is 15.3 Å². The first-order chi connectivity index (χ1) is 13.5. The standard InChI is InChI=1S/C21H17NO6/c1-27-16-9-8-13-14(21(25)26)11-17(23)28-19(13)18(16)20(24)22-10-4-6-12-5-2-3-7-15(12)22/h2-3,5,7-9,11H,4,6,10H2,1H3,(H,25,26). The second kappa shape index (κ2) is 6.84. The molecule has 2 aromatic carbocycles. The number of carbonyl (C=O) groups is 2. The number of hydrogen-bond acceptors (Lipinski definition) is 5. The number of aromatic carboxylic acids is 1. The Balaban J connectivity index is 1.97. The summed E-state index contributed by atoms with van der Waals surface area (Å²) in [7, 11) is 1.40. The minimum Gasteiger partial charge on any atom is -0.496 e. The summed E-state index contributed by atoms with van der Waals surface area (Å²) in [5.74, 6) is -1.46. The largest absolute Gasteiger partial charge is 0.496 e. The van der Waals surface area contributed by atoms with Crippen molar-refractivity contribution in [2.24, 2.45) is 0 Å². The monoisotopic (exact) mass is 379 g/mol. The molecule has 0 fully saturated rings. The van der Waals surface area contributed by atoms with Crippen LogP contribution in [0.5, 0.6) is 5.75 Å². The lowest BCUT2D eigenvalue weighted by Gasteiger charge is -2.30. The predicted octanol–water partition coefficient (Wildman–Crippen LogP) is 3.09. The minimum absolute atomic E-state index is 0.0388. The first-order valence-corrected chi connectivity index (χ1v) is 8.79. The van der Waals surface area contributed by atoms with Crippen LogP contribution in [0.3, 0.4) is 0 Å². The zero-order chi connectivity index (χ0) is 19.8. The summed E-state index contributed by atoms with van der Waals surface area (Å²) >= 11 is 0. The number of methoxy groups -OCH3 is 1. The van der Waals surface area contributed by atoms with Gasteiger partial charge in [-0.05, 0) is 36.6 Å². The first-order valence-electron chi connectivity index (χ1n) is 8.79. The number of fused-ring (bicyclic) bond motifs is 2. The number of carboxylic acids is 1. The molecule has 3 aromatic rings. The summed E-state index contributed by atoms with van der Waals surface area (Å²) < 4.78 is 10.6. The van der Waals surface area contributed by atoms with Gasteiger partial charge in [0.2, 0.25) is 0 Å². The molecule has 0 radical (unpaired) electrons. The Hall–Kier alpha value is -3.61. The molecule has 0 unspecified atom stereocenters. The van der Waals surface area contributed by atoms with E-state index < -0.39 is 17.5 Å². The quantitative estimate of drug-likeness (QED) is 0.703. The molecule has 0 saturated carbocycles. The van der Waals surface area contributed by atoms with E-state index in [0.29, 0.717) is 6.54 Å². The van der Waals surface area contributed by atoms with Gasteiger partial charge in [-0.15, -0.1) is 0 Å². The summed E-state index contributed by atoms with van der Waals surface area (Å²) in [5.41, 5.74) is 0.728. The lowest BCUT2D eigenvalue weighted by atomic mass is 9.99. The number of aryl methyl sites for hydroxylation is 1. The second-order valence-electron chi connectivity index (χ2n) is 6.49. The molecular weight excluding hydrogens is 362 g/mol. The van der Waals surface area contributed by atoms with Gasteiger partial charge in [0.15, 0.2) is 5.58 Å². The van der Waals surface area contributed by atoms with E-state index in [0.717, 1.165) is 30.2 Å². The molecule has 1 aromatic heterocycles. The fraction of sp³-hybridized carbons (Fsp3) is 0.190. The van der Waals surface area contributed by atoms with Crippen LogP contribution in [-0.4, -0.2) is 30.6 Å². The number of amides is 1. The van der Waals surface area contributed by atoms with Crippen LogP contribution in [0.1, 0.15) is 32.7 Å². The first kappa shape index (κ1) is 17.8. The van der Waals surface area contributed by atoms with Gasteiger partial charge in [-0.2, -0.15) is 0 Å². The molecule has 4 rings (SSSR count). The lowest BCUT2D eigenvalue weighted by Crippen LogP contribution is -2.35. The Morgan fingerprint density at radius 1 is 1.18 bits per heavy atom. The van der Waals surface area contributed by atoms with Gasteiger partial charge in [-0.1, -0.05) is 18.2 Å². The van der Waals surface area contributed by atoms with Crippen molar-refractivity contribution in [2.75, 3.05) is 18.6 Å². The molecule has 7 heteroatoms. The highest BCUT2D eigenvalue weighted by Crippen LogP contribution is 2.34. The highest BCUT2D eigenvalue weighted by molar-refractivity contribution is 6.17. The average Bonchev–Trinajstić information content (AvgIpc) is 2.71. The number of rotatable bonds is 3. The maximum atomic E-state index is 13.5. The molecule has 1 amide bonds. The fourth-order valence-electron chi connectivity index (χ4n) is 3.64. The van der Waals surface area contributed by atoms with E-state index in [9.17, 15) is 19.5 Å². The number of anilines is 1. The SMILES string of the molecule is COc1ccc2c(C(=O)O)cc(=O)oc2c1C(=O)N1CCCc2ccccc21. The van der Waals surface area contributed by atoms with Crippen molar-refractivity contribution >= 4 is 28.5 Å². The van der Waals surface area contributed by atoms with Crippen LogP contribution in [0.25, 0.3) is 11.0 Å². The van der Waals surface area contributed by atoms with E-state index in [4.69, 9.17) is 9.15 Å². The highest BCUT2D eigenvalue weighted by Gasteiger charge is 2.29. The Labute approximate surface area is 159 Å². The third kappa shape index (κ3) is 2.81. The summed E-state index contributed by atoms with van der Waals surface area (Å²) in [6.07, 6.45) is 1.66. The fourth-order valence-corrected chi connectivity index (χ4v) is 3.64. The Kier molecular flexibility index (Phi) is 4.35. The van der Waals surface area contributed by atoms with Gasteiger partial charge in [0, 0.05) is 23.7 Å². The molecule has 1 N–H and O–H groups in total. The third-order valence-electron chi connectivity index (χ3n) is 4.89. The van der Waals surface area contributed by atoms with E-state index in [-0.39, 0.29) is 27.8 Å². The molecule has 0 bridgehead atoms. The Morgan fingerprint density at radius 3 is 2.71 bits per heavy atom. The van der Waals surface area contributed by atoms with Gasteiger partial charge < -0.3 is 19.2 Å². The molecular formula is C21H17NO6. The van der Waals surface area contributed by atoms with Crippen molar-refractivity contribution in [3.63, 3.8) is 0 Å². The van der Waals surface area contributed by atoms with Crippen LogP contribution in [-0.2, 0) is 6.42 Å². The maximum Gasteiger partial charge on any atom is 0.337 e. The summed E-state index contributed by atoms with van der Waals surface area (Å²) in [4.78, 5) is 38.6. The number of carbonyl (C=O) groups excluding carboxylic acids is 1. The molecule has 142 valence electrons. The van der Waals surface area contributed by atoms with Crippen LogP contribution in [0, 0.1) is 0 Å². The molecule has 2 heterocycles. The van der Waals surface area contributed by atoms with E-state index in [2.05, 4.69) is 0 Å². The number of nitrogens with zero attached hydrogens (tertiary/aromatic N) is 1. The topological polar surface area (TPSA) is 97.0 Å². The summed E-state index contributed by atoms with van der Waals surface area (Å²) in [5, 5.41) is 9.60. The van der Waals surface area contributed by atoms with Gasteiger partial charge in [-0.25, -0.2) is 9.59 Å². The number of hydrogen-bond donors (Lipinski definition) is 1. The number of para-hydroxylation sites is 1. The molecule has 0 saturated heterocycles. The van der Waals surface area contributed by atoms with Crippen LogP contribution in [0.15, 0.2) is 51.7 Å². The van der Waals surface area contributed by atoms with Crippen molar-refractivity contribution in [3.05, 3.63) is 69.6 Å². The molecule has 7 nitrogen and oxygen atoms in total. The van der Waals surface area contributed by atoms with Crippen LogP contribution >= 0.6 is 0 Å². The summed E-state index contributed by atoms with van der Waals surface area (Å²) in [6.45, 7) is 0.498. The molecule has 0 aliphatic carbocycles. The zero-order valence-corrected chi connectivity index (χ0v) is 15.1. The van der Waals surface area contributed by atoms with Crippen LogP contribution in [0.4, 0.5) is 5.69 Å². The molecule has 0 spiro atoms. The van der Waals surface area contributed by atoms with Gasteiger partial charge in [0.05, 0.1) is 12.7 Å². The minimum atomic E-state index is -1.27. The Bertz CT molecular complexity index is 1160. The van der Waals surface area contributed by atoms with Crippen LogP contribution in [0.2, 0.25) is 0 Å². The normalized spacial score (nSPS) is 13.2. The van der Waals surface area contributed by atoms with Crippen molar-refractivity contribution in [1.29, 1.82) is 0 Å². The van der Waals surface area contributed by atoms with Gasteiger partial charge in [0.25, 0.3) is 5.91 Å². The van der Waals surface area contributed by atoms with E-state index in [1.54, 1.807) is 4.90 Å². The Morgan fingerprint density at radius 2 is 1.96 bits per heavy atom. The van der Waals surface area contributed by atoms with E-state index in [1.807, 2.05) is 24.3 Å². The smallest absolute Gasteiger partial charge is 0.337 e. The van der Waals surface area contributed by atoms with Gasteiger partial charge in [-0.3, -0.25) is 4.79 Å². The van der Waals surface area contributed by atoms with E-state index >= 15 is 0 Å². The maximum absolute atomic E-state index is 13.5. The van der Waals surface area contributed by atoms with Gasteiger partial charge in [0.1, 0.15) is 11.3 Å². The van der Waals surface area contributed by atoms with E-state index in [1.165, 1.54) is 19.2 Å². The number of ether oxygens (including phenoxy) is 1. The van der Waals surface area contributed by atoms with Crippen molar-refractivity contribution in [2.45, 2.75) is 12.8 Å². The highest BCUT2D eigenvalue weighted by atomic mass is 16.5. The van der Waals surface area contributed by atoms with Crippen molar-refractivity contribution < 1.29 is 23.8 Å². The summed E-state index contributed by atoms with van der Waals surface area (Å²) in [6, 6.07) is 11.5. The van der Waals surface area contributed by atoms with Crippen molar-refractivity contribution in [1.82, 2.24) is 0 Å². The predicted molar refractivity (Wildman–Crippen MR) is 102 cm³/mol. The molecule has 1 aliphatic heterocycles. The van der Waals surface area contributed by atoms with Crippen molar-refractivity contribution in [3.8, 4) is 5.75 Å². The zero-order valence-electron chi connectivity index (χ0n) is 15.1. The third-order valence-corrected chi connectivity index (χ3v) is 4.89.